The van der Waals surface area contributed by atoms with E-state index in [9.17, 15) is 0 Å². The maximum atomic E-state index is 5.78. The molecule has 15 heavy (non-hydrogen) atoms. The molecule has 0 unspecified atom stereocenters. The van der Waals surface area contributed by atoms with Gasteiger partial charge in [0.25, 0.3) is 0 Å². The topological polar surface area (TPSA) is 43.8 Å². The summed E-state index contributed by atoms with van der Waals surface area (Å²) in [5.74, 6) is 0. The predicted octanol–water partition coefficient (Wildman–Crippen LogP) is 2.20. The second-order valence-electron chi connectivity index (χ2n) is 3.84. The molecule has 1 atom stereocenters. The molecule has 1 aromatic carbocycles. The summed E-state index contributed by atoms with van der Waals surface area (Å²) >= 11 is 0. The van der Waals surface area contributed by atoms with Gasteiger partial charge in [0.15, 0.2) is 0 Å². The van der Waals surface area contributed by atoms with Crippen LogP contribution in [0.4, 0.5) is 0 Å². The molecule has 3 nitrogen and oxygen atoms in total. The standard InChI is InChI=1S/C12H15N3/c1-9-7-14-15(8-9)12-5-3-11(4-6-12)10(2)13/h3-8,10H,13H2,1-2H3/t10-/m0/s1. The minimum absolute atomic E-state index is 0.0819. The number of aryl methyl sites for hydroxylation is 1. The Hall–Kier alpha value is -1.61. The van der Waals surface area contributed by atoms with Gasteiger partial charge in [-0.2, -0.15) is 5.10 Å². The second kappa shape index (κ2) is 3.87. The molecule has 0 bridgehead atoms. The number of rotatable bonds is 2. The fraction of sp³-hybridized carbons (Fsp3) is 0.250. The Bertz CT molecular complexity index is 440. The van der Waals surface area contributed by atoms with E-state index in [0.29, 0.717) is 0 Å². The lowest BCUT2D eigenvalue weighted by molar-refractivity contribution is 0.814. The van der Waals surface area contributed by atoms with Crippen LogP contribution in [0.2, 0.25) is 0 Å². The molecule has 1 aromatic heterocycles. The van der Waals surface area contributed by atoms with Crippen LogP contribution in [0.25, 0.3) is 5.69 Å². The van der Waals surface area contributed by atoms with Gasteiger partial charge in [-0.1, -0.05) is 12.1 Å². The van der Waals surface area contributed by atoms with Crippen molar-refractivity contribution in [3.8, 4) is 5.69 Å². The van der Waals surface area contributed by atoms with Crippen LogP contribution in [0, 0.1) is 6.92 Å². The highest BCUT2D eigenvalue weighted by Crippen LogP contribution is 2.13. The van der Waals surface area contributed by atoms with Crippen LogP contribution < -0.4 is 5.73 Å². The summed E-state index contributed by atoms with van der Waals surface area (Å²) < 4.78 is 1.86. The monoisotopic (exact) mass is 201 g/mol. The average Bonchev–Trinajstić information content (AvgIpc) is 2.65. The van der Waals surface area contributed by atoms with Crippen molar-refractivity contribution in [3.63, 3.8) is 0 Å². The van der Waals surface area contributed by atoms with E-state index in [4.69, 9.17) is 5.73 Å². The summed E-state index contributed by atoms with van der Waals surface area (Å²) in [5.41, 5.74) is 9.15. The molecular weight excluding hydrogens is 186 g/mol. The fourth-order valence-corrected chi connectivity index (χ4v) is 1.48. The molecule has 3 heteroatoms. The molecule has 2 aromatic rings. The van der Waals surface area contributed by atoms with Crippen LogP contribution in [-0.4, -0.2) is 9.78 Å². The van der Waals surface area contributed by atoms with Crippen molar-refractivity contribution in [1.82, 2.24) is 9.78 Å². The highest BCUT2D eigenvalue weighted by Gasteiger charge is 2.01. The van der Waals surface area contributed by atoms with Crippen molar-refractivity contribution in [1.29, 1.82) is 0 Å². The first kappa shape index (κ1) is 9.93. The summed E-state index contributed by atoms with van der Waals surface area (Å²) in [6.45, 7) is 4.01. The molecule has 0 aliphatic heterocycles. The van der Waals surface area contributed by atoms with Crippen molar-refractivity contribution in [2.24, 2.45) is 5.73 Å². The van der Waals surface area contributed by atoms with Crippen molar-refractivity contribution in [2.45, 2.75) is 19.9 Å². The lowest BCUT2D eigenvalue weighted by Crippen LogP contribution is -2.05. The first-order valence-corrected chi connectivity index (χ1v) is 5.04. The maximum absolute atomic E-state index is 5.78. The largest absolute Gasteiger partial charge is 0.324 e. The summed E-state index contributed by atoms with van der Waals surface area (Å²) in [6.07, 6.45) is 3.85. The fourth-order valence-electron chi connectivity index (χ4n) is 1.48. The number of hydrogen-bond donors (Lipinski definition) is 1. The third-order valence-corrected chi connectivity index (χ3v) is 2.40. The SMILES string of the molecule is Cc1cnn(-c2ccc([C@H](C)N)cc2)c1. The zero-order valence-corrected chi connectivity index (χ0v) is 9.01. The molecule has 0 aliphatic rings. The minimum atomic E-state index is 0.0819. The summed E-state index contributed by atoms with van der Waals surface area (Å²) in [7, 11) is 0. The molecule has 0 fully saturated rings. The molecule has 78 valence electrons. The van der Waals surface area contributed by atoms with Gasteiger partial charge in [0, 0.05) is 12.2 Å². The summed E-state index contributed by atoms with van der Waals surface area (Å²) in [6, 6.07) is 8.23. The summed E-state index contributed by atoms with van der Waals surface area (Å²) in [5, 5.41) is 4.25. The third kappa shape index (κ3) is 2.07. The van der Waals surface area contributed by atoms with Gasteiger partial charge in [-0.25, -0.2) is 4.68 Å². The van der Waals surface area contributed by atoms with Crippen molar-refractivity contribution >= 4 is 0 Å². The zero-order chi connectivity index (χ0) is 10.8. The quantitative estimate of drug-likeness (QED) is 0.809. The van der Waals surface area contributed by atoms with Crippen molar-refractivity contribution in [2.75, 3.05) is 0 Å². The third-order valence-electron chi connectivity index (χ3n) is 2.40. The molecule has 0 saturated heterocycles. The molecule has 0 radical (unpaired) electrons. The van der Waals surface area contributed by atoms with E-state index >= 15 is 0 Å². The van der Waals surface area contributed by atoms with E-state index in [2.05, 4.69) is 5.10 Å². The molecule has 1 heterocycles. The Kier molecular flexibility index (Phi) is 2.56. The molecule has 0 amide bonds. The Labute approximate surface area is 89.5 Å². The van der Waals surface area contributed by atoms with Gasteiger partial charge in [-0.05, 0) is 37.1 Å². The zero-order valence-electron chi connectivity index (χ0n) is 9.01. The number of nitrogens with zero attached hydrogens (tertiary/aromatic N) is 2. The number of hydrogen-bond acceptors (Lipinski definition) is 2. The van der Waals surface area contributed by atoms with Crippen LogP contribution in [0.15, 0.2) is 36.7 Å². The lowest BCUT2D eigenvalue weighted by atomic mass is 10.1. The molecule has 0 aliphatic carbocycles. The van der Waals surface area contributed by atoms with E-state index in [-0.39, 0.29) is 6.04 Å². The van der Waals surface area contributed by atoms with Gasteiger partial charge in [-0.3, -0.25) is 0 Å². The van der Waals surface area contributed by atoms with Gasteiger partial charge < -0.3 is 5.73 Å². The molecule has 0 spiro atoms. The number of nitrogens with two attached hydrogens (primary N) is 1. The first-order chi connectivity index (χ1) is 7.16. The van der Waals surface area contributed by atoms with E-state index in [0.717, 1.165) is 16.8 Å². The molecule has 2 rings (SSSR count). The van der Waals surface area contributed by atoms with Crippen LogP contribution in [0.5, 0.6) is 0 Å². The van der Waals surface area contributed by atoms with Gasteiger partial charge >= 0.3 is 0 Å². The smallest absolute Gasteiger partial charge is 0.0645 e. The summed E-state index contributed by atoms with van der Waals surface area (Å²) in [4.78, 5) is 0. The van der Waals surface area contributed by atoms with Gasteiger partial charge in [0.05, 0.1) is 11.9 Å². The van der Waals surface area contributed by atoms with Crippen LogP contribution in [0.1, 0.15) is 24.1 Å². The van der Waals surface area contributed by atoms with Gasteiger partial charge in [0.2, 0.25) is 0 Å². The van der Waals surface area contributed by atoms with Crippen molar-refractivity contribution in [3.05, 3.63) is 47.8 Å². The van der Waals surface area contributed by atoms with Crippen LogP contribution in [0.3, 0.4) is 0 Å². The Balaban J connectivity index is 2.31. The maximum Gasteiger partial charge on any atom is 0.0645 e. The lowest BCUT2D eigenvalue weighted by Gasteiger charge is -2.06. The predicted molar refractivity (Wildman–Crippen MR) is 60.9 cm³/mol. The average molecular weight is 201 g/mol. The van der Waals surface area contributed by atoms with Crippen molar-refractivity contribution < 1.29 is 0 Å². The highest BCUT2D eigenvalue weighted by atomic mass is 15.3. The van der Waals surface area contributed by atoms with E-state index in [1.54, 1.807) is 0 Å². The molecule has 2 N–H and O–H groups in total. The Morgan fingerprint density at radius 2 is 1.93 bits per heavy atom. The number of benzene rings is 1. The Morgan fingerprint density at radius 3 is 2.40 bits per heavy atom. The molecular formula is C12H15N3. The normalized spacial score (nSPS) is 12.7. The van der Waals surface area contributed by atoms with Crippen LogP contribution in [-0.2, 0) is 0 Å². The van der Waals surface area contributed by atoms with E-state index in [1.165, 1.54) is 0 Å². The Morgan fingerprint density at radius 1 is 1.27 bits per heavy atom. The van der Waals surface area contributed by atoms with E-state index < -0.39 is 0 Å². The van der Waals surface area contributed by atoms with Gasteiger partial charge in [-0.15, -0.1) is 0 Å². The first-order valence-electron chi connectivity index (χ1n) is 5.04. The second-order valence-corrected chi connectivity index (χ2v) is 3.84. The van der Waals surface area contributed by atoms with Gasteiger partial charge in [0.1, 0.15) is 0 Å². The molecule has 0 saturated carbocycles. The van der Waals surface area contributed by atoms with E-state index in [1.807, 2.05) is 55.2 Å². The minimum Gasteiger partial charge on any atom is -0.324 e. The highest BCUT2D eigenvalue weighted by molar-refractivity contribution is 5.35. The number of aromatic nitrogens is 2. The van der Waals surface area contributed by atoms with Crippen LogP contribution >= 0.6 is 0 Å².